The highest BCUT2D eigenvalue weighted by molar-refractivity contribution is 5.00. The molecule has 2 aliphatic rings. The maximum absolute atomic E-state index is 4.33. The molecule has 1 aliphatic heterocycles. The van der Waals surface area contributed by atoms with Crippen molar-refractivity contribution < 1.29 is 0 Å². The van der Waals surface area contributed by atoms with Gasteiger partial charge in [-0.1, -0.05) is 13.3 Å². The van der Waals surface area contributed by atoms with Gasteiger partial charge in [-0.25, -0.2) is 0 Å². The van der Waals surface area contributed by atoms with Crippen molar-refractivity contribution in [3.05, 3.63) is 11.6 Å². The van der Waals surface area contributed by atoms with E-state index in [4.69, 9.17) is 0 Å². The molecule has 1 saturated carbocycles. The van der Waals surface area contributed by atoms with Crippen molar-refractivity contribution in [2.75, 3.05) is 6.54 Å². The van der Waals surface area contributed by atoms with Crippen LogP contribution in [0.4, 0.5) is 0 Å². The van der Waals surface area contributed by atoms with E-state index >= 15 is 0 Å². The molecule has 0 spiro atoms. The van der Waals surface area contributed by atoms with Crippen molar-refractivity contribution in [1.82, 2.24) is 20.1 Å². The quantitative estimate of drug-likeness (QED) is 0.840. The van der Waals surface area contributed by atoms with Gasteiger partial charge < -0.3 is 9.88 Å². The summed E-state index contributed by atoms with van der Waals surface area (Å²) in [6.45, 7) is 5.44. The molecule has 1 fully saturated rings. The summed E-state index contributed by atoms with van der Waals surface area (Å²) in [5.41, 5.74) is 0.625. The van der Waals surface area contributed by atoms with Gasteiger partial charge >= 0.3 is 0 Å². The highest BCUT2D eigenvalue weighted by Gasteiger charge is 2.40. The third kappa shape index (κ3) is 2.44. The standard InChI is InChI=1S/C14H24N4/c1-2-6-14(7-8-14)11-15-10-13-17-16-12-5-3-4-9-18(12)13/h15H,2-11H2,1H3. The normalized spacial score (nSPS) is 20.7. The fourth-order valence-electron chi connectivity index (χ4n) is 3.16. The molecule has 4 heteroatoms. The lowest BCUT2D eigenvalue weighted by Crippen LogP contribution is -2.26. The van der Waals surface area contributed by atoms with Crippen molar-refractivity contribution in [1.29, 1.82) is 0 Å². The lowest BCUT2D eigenvalue weighted by molar-refractivity contribution is 0.411. The Balaban J connectivity index is 1.53. The zero-order valence-corrected chi connectivity index (χ0v) is 11.4. The summed E-state index contributed by atoms with van der Waals surface area (Å²) in [6, 6.07) is 0. The van der Waals surface area contributed by atoms with Gasteiger partial charge in [0, 0.05) is 19.5 Å². The average molecular weight is 248 g/mol. The smallest absolute Gasteiger partial charge is 0.147 e. The van der Waals surface area contributed by atoms with E-state index in [9.17, 15) is 0 Å². The summed E-state index contributed by atoms with van der Waals surface area (Å²) in [7, 11) is 0. The van der Waals surface area contributed by atoms with E-state index in [-0.39, 0.29) is 0 Å². The fourth-order valence-corrected chi connectivity index (χ4v) is 3.16. The van der Waals surface area contributed by atoms with Crippen molar-refractivity contribution in [2.24, 2.45) is 5.41 Å². The molecule has 1 aliphatic carbocycles. The van der Waals surface area contributed by atoms with Crippen LogP contribution in [-0.2, 0) is 19.5 Å². The third-order valence-corrected chi connectivity index (χ3v) is 4.46. The van der Waals surface area contributed by atoms with E-state index in [2.05, 4.69) is 27.0 Å². The van der Waals surface area contributed by atoms with E-state index in [0.29, 0.717) is 5.41 Å². The second kappa shape index (κ2) is 5.00. The second-order valence-corrected chi connectivity index (χ2v) is 5.99. The Morgan fingerprint density at radius 2 is 2.17 bits per heavy atom. The maximum Gasteiger partial charge on any atom is 0.147 e. The van der Waals surface area contributed by atoms with Gasteiger partial charge in [0.05, 0.1) is 6.54 Å². The van der Waals surface area contributed by atoms with E-state index in [0.717, 1.165) is 31.9 Å². The number of fused-ring (bicyclic) bond motifs is 1. The minimum absolute atomic E-state index is 0.625. The van der Waals surface area contributed by atoms with E-state index < -0.39 is 0 Å². The number of hydrogen-bond donors (Lipinski definition) is 1. The van der Waals surface area contributed by atoms with Gasteiger partial charge in [-0.2, -0.15) is 0 Å². The zero-order valence-electron chi connectivity index (χ0n) is 11.4. The Labute approximate surface area is 109 Å². The molecule has 0 aromatic carbocycles. The monoisotopic (exact) mass is 248 g/mol. The summed E-state index contributed by atoms with van der Waals surface area (Å²) >= 11 is 0. The van der Waals surface area contributed by atoms with Crippen LogP contribution in [0.15, 0.2) is 0 Å². The number of rotatable bonds is 6. The Kier molecular flexibility index (Phi) is 3.37. The predicted octanol–water partition coefficient (Wildman–Crippen LogP) is 2.28. The minimum Gasteiger partial charge on any atom is -0.314 e. The second-order valence-electron chi connectivity index (χ2n) is 5.99. The number of nitrogens with zero attached hydrogens (tertiary/aromatic N) is 3. The molecular formula is C14H24N4. The first-order valence-corrected chi connectivity index (χ1v) is 7.45. The van der Waals surface area contributed by atoms with Gasteiger partial charge in [0.2, 0.25) is 0 Å². The fraction of sp³-hybridized carbons (Fsp3) is 0.857. The first-order chi connectivity index (χ1) is 8.83. The molecule has 3 rings (SSSR count). The van der Waals surface area contributed by atoms with Crippen molar-refractivity contribution in [3.63, 3.8) is 0 Å². The van der Waals surface area contributed by atoms with Crippen LogP contribution in [0.3, 0.4) is 0 Å². The third-order valence-electron chi connectivity index (χ3n) is 4.46. The largest absolute Gasteiger partial charge is 0.314 e. The first-order valence-electron chi connectivity index (χ1n) is 7.45. The number of hydrogen-bond acceptors (Lipinski definition) is 3. The Hall–Kier alpha value is -0.900. The molecular weight excluding hydrogens is 224 g/mol. The Morgan fingerprint density at radius 1 is 1.28 bits per heavy atom. The van der Waals surface area contributed by atoms with Crippen molar-refractivity contribution in [2.45, 2.75) is 65.0 Å². The molecule has 100 valence electrons. The molecule has 0 bridgehead atoms. The lowest BCUT2D eigenvalue weighted by atomic mass is 10.0. The highest BCUT2D eigenvalue weighted by atomic mass is 15.3. The molecule has 0 saturated heterocycles. The number of nitrogens with one attached hydrogen (secondary N) is 1. The lowest BCUT2D eigenvalue weighted by Gasteiger charge is -2.17. The molecule has 0 atom stereocenters. The number of aromatic nitrogens is 3. The Bertz CT molecular complexity index is 406. The molecule has 2 heterocycles. The van der Waals surface area contributed by atoms with Crippen LogP contribution >= 0.6 is 0 Å². The number of aryl methyl sites for hydroxylation is 1. The molecule has 18 heavy (non-hydrogen) atoms. The highest BCUT2D eigenvalue weighted by Crippen LogP contribution is 2.48. The predicted molar refractivity (Wildman–Crippen MR) is 71.2 cm³/mol. The van der Waals surface area contributed by atoms with Gasteiger partial charge in [-0.3, -0.25) is 0 Å². The summed E-state index contributed by atoms with van der Waals surface area (Å²) in [6.07, 6.45) is 9.15. The van der Waals surface area contributed by atoms with E-state index in [1.165, 1.54) is 44.3 Å². The summed E-state index contributed by atoms with van der Waals surface area (Å²) in [5.74, 6) is 2.32. The molecule has 4 nitrogen and oxygen atoms in total. The van der Waals surface area contributed by atoms with E-state index in [1.54, 1.807) is 0 Å². The molecule has 0 amide bonds. The van der Waals surface area contributed by atoms with Crippen molar-refractivity contribution >= 4 is 0 Å². The molecule has 1 aromatic rings. The summed E-state index contributed by atoms with van der Waals surface area (Å²) in [5, 5.41) is 12.2. The van der Waals surface area contributed by atoms with Gasteiger partial charge in [-0.05, 0) is 37.5 Å². The molecule has 0 unspecified atom stereocenters. The molecule has 1 N–H and O–H groups in total. The molecule has 1 aromatic heterocycles. The van der Waals surface area contributed by atoms with E-state index in [1.807, 2.05) is 0 Å². The maximum atomic E-state index is 4.33. The van der Waals surface area contributed by atoms with Gasteiger partial charge in [0.15, 0.2) is 0 Å². The van der Waals surface area contributed by atoms with Crippen LogP contribution in [-0.4, -0.2) is 21.3 Å². The van der Waals surface area contributed by atoms with Gasteiger partial charge in [0.25, 0.3) is 0 Å². The van der Waals surface area contributed by atoms with Crippen LogP contribution in [0.1, 0.15) is 57.1 Å². The van der Waals surface area contributed by atoms with Crippen LogP contribution in [0.25, 0.3) is 0 Å². The average Bonchev–Trinajstić information content (AvgIpc) is 3.02. The van der Waals surface area contributed by atoms with Crippen LogP contribution < -0.4 is 5.32 Å². The van der Waals surface area contributed by atoms with Crippen molar-refractivity contribution in [3.8, 4) is 0 Å². The SMILES string of the molecule is CCCC1(CNCc2nnc3n2CCCC3)CC1. The molecule has 0 radical (unpaired) electrons. The van der Waals surface area contributed by atoms with Crippen LogP contribution in [0.2, 0.25) is 0 Å². The zero-order chi connectivity index (χ0) is 12.4. The Morgan fingerprint density at radius 3 is 2.94 bits per heavy atom. The summed E-state index contributed by atoms with van der Waals surface area (Å²) in [4.78, 5) is 0. The summed E-state index contributed by atoms with van der Waals surface area (Å²) < 4.78 is 2.32. The van der Waals surface area contributed by atoms with Crippen LogP contribution in [0, 0.1) is 5.41 Å². The van der Waals surface area contributed by atoms with Crippen LogP contribution in [0.5, 0.6) is 0 Å². The first kappa shape index (κ1) is 12.2. The van der Waals surface area contributed by atoms with Gasteiger partial charge in [-0.15, -0.1) is 10.2 Å². The van der Waals surface area contributed by atoms with Gasteiger partial charge in [0.1, 0.15) is 11.6 Å². The topological polar surface area (TPSA) is 42.7 Å². The minimum atomic E-state index is 0.625.